The van der Waals surface area contributed by atoms with Crippen LogP contribution in [-0.2, 0) is 0 Å². The average Bonchev–Trinajstić information content (AvgIpc) is 2.77. The molecule has 9 heteroatoms. The minimum absolute atomic E-state index is 0.0370. The summed E-state index contributed by atoms with van der Waals surface area (Å²) >= 11 is 0. The molecule has 1 aromatic carbocycles. The highest BCUT2D eigenvalue weighted by atomic mass is 16.5. The van der Waals surface area contributed by atoms with Gasteiger partial charge in [-0.1, -0.05) is 17.9 Å². The van der Waals surface area contributed by atoms with Crippen molar-refractivity contribution in [1.82, 2.24) is 15.4 Å². The number of amides is 3. The van der Waals surface area contributed by atoms with Crippen molar-refractivity contribution in [2.24, 2.45) is 5.73 Å². The van der Waals surface area contributed by atoms with Gasteiger partial charge in [0.05, 0.1) is 11.3 Å². The molecule has 0 spiro atoms. The predicted molar refractivity (Wildman–Crippen MR) is 103 cm³/mol. The van der Waals surface area contributed by atoms with Gasteiger partial charge in [-0.05, 0) is 30.3 Å². The predicted octanol–water partition coefficient (Wildman–Crippen LogP) is 1.94. The molecule has 2 heterocycles. The molecule has 144 valence electrons. The maximum absolute atomic E-state index is 11.8. The number of nitrogens with two attached hydrogens (primary N) is 1. The van der Waals surface area contributed by atoms with Gasteiger partial charge in [0, 0.05) is 47.0 Å². The van der Waals surface area contributed by atoms with Gasteiger partial charge < -0.3 is 5.73 Å². The van der Waals surface area contributed by atoms with Crippen LogP contribution < -0.4 is 16.3 Å². The van der Waals surface area contributed by atoms with E-state index in [0.29, 0.717) is 16.7 Å². The maximum Gasteiger partial charge on any atom is 0.369 e. The van der Waals surface area contributed by atoms with Crippen molar-refractivity contribution >= 4 is 17.6 Å². The molecular formula is C20H15N5O4. The first-order valence-electron chi connectivity index (χ1n) is 8.24. The number of anilines is 1. The van der Waals surface area contributed by atoms with Crippen LogP contribution in [0, 0.1) is 11.8 Å². The molecule has 0 unspecified atom stereocenters. The number of nitrogens with zero attached hydrogens (tertiary/aromatic N) is 3. The van der Waals surface area contributed by atoms with E-state index in [4.69, 9.17) is 10.9 Å². The van der Waals surface area contributed by atoms with Crippen LogP contribution in [0.3, 0.4) is 0 Å². The van der Waals surface area contributed by atoms with Gasteiger partial charge in [0.25, 0.3) is 0 Å². The van der Waals surface area contributed by atoms with Gasteiger partial charge in [-0.25, -0.2) is 10.3 Å². The number of hydrogen-bond donors (Lipinski definition) is 4. The molecule has 0 radical (unpaired) electrons. The number of nitrogens with one attached hydrogen (secondary N) is 1. The van der Waals surface area contributed by atoms with Crippen LogP contribution in [0.15, 0.2) is 61.2 Å². The number of hydrogen-bond acceptors (Lipinski definition) is 6. The highest BCUT2D eigenvalue weighted by molar-refractivity contribution is 6.03. The number of hydroxylamine groups is 2. The highest BCUT2D eigenvalue weighted by Gasteiger charge is 2.20. The molecule has 0 saturated carbocycles. The monoisotopic (exact) mass is 389 g/mol. The molecule has 0 aliphatic heterocycles. The Labute approximate surface area is 165 Å². The van der Waals surface area contributed by atoms with E-state index in [2.05, 4.69) is 21.8 Å². The van der Waals surface area contributed by atoms with E-state index in [9.17, 15) is 14.8 Å². The van der Waals surface area contributed by atoms with Gasteiger partial charge in [-0.3, -0.25) is 25.2 Å². The Morgan fingerprint density at radius 2 is 1.76 bits per heavy atom. The topological polar surface area (TPSA) is 142 Å². The normalized spacial score (nSPS) is 9.86. The number of aromatic nitrogens is 2. The molecule has 29 heavy (non-hydrogen) atoms. The van der Waals surface area contributed by atoms with E-state index in [0.717, 1.165) is 0 Å². The largest absolute Gasteiger partial charge is 0.369 e. The Kier molecular flexibility index (Phi) is 5.80. The lowest BCUT2D eigenvalue weighted by Gasteiger charge is -2.19. The number of urea groups is 1. The van der Waals surface area contributed by atoms with Crippen LogP contribution in [0.4, 0.5) is 10.5 Å². The first-order valence-corrected chi connectivity index (χ1v) is 8.24. The fourth-order valence-corrected chi connectivity index (χ4v) is 2.57. The minimum Gasteiger partial charge on any atom is -0.366 e. The second-order valence-electron chi connectivity index (χ2n) is 5.74. The molecule has 0 bridgehead atoms. The van der Waals surface area contributed by atoms with E-state index in [1.54, 1.807) is 36.7 Å². The summed E-state index contributed by atoms with van der Waals surface area (Å²) in [6.45, 7) is 0. The highest BCUT2D eigenvalue weighted by Crippen LogP contribution is 2.33. The number of pyridine rings is 2. The summed E-state index contributed by atoms with van der Waals surface area (Å²) in [4.78, 5) is 31.5. The van der Waals surface area contributed by atoms with Gasteiger partial charge in [0.1, 0.15) is 0 Å². The van der Waals surface area contributed by atoms with Crippen molar-refractivity contribution < 1.29 is 20.0 Å². The lowest BCUT2D eigenvalue weighted by atomic mass is 9.98. The molecule has 3 amide bonds. The van der Waals surface area contributed by atoms with Crippen LogP contribution in [-0.4, -0.2) is 32.3 Å². The third-order valence-corrected chi connectivity index (χ3v) is 3.90. The molecule has 3 rings (SSSR count). The van der Waals surface area contributed by atoms with Crippen LogP contribution in [0.2, 0.25) is 0 Å². The third kappa shape index (κ3) is 4.36. The quantitative estimate of drug-likeness (QED) is 0.306. The fourth-order valence-electron chi connectivity index (χ4n) is 2.57. The summed E-state index contributed by atoms with van der Waals surface area (Å²) < 4.78 is 0. The molecule has 0 aliphatic carbocycles. The molecule has 0 fully saturated rings. The standard InChI is InChI=1S/C20H15N5O4/c21-19(26)16-7-9-23-12-17(16)15-6-5-13(3-4-14-2-1-8-22-11-14)10-18(15)25(29)20(27)24-28/h1-2,5-12,28-29H,(H2,21,26)(H,24,27). The fraction of sp³-hybridized carbons (Fsp3) is 0. The van der Waals surface area contributed by atoms with Gasteiger partial charge in [0.2, 0.25) is 5.91 Å². The maximum atomic E-state index is 11.8. The molecule has 9 nitrogen and oxygen atoms in total. The lowest BCUT2D eigenvalue weighted by molar-refractivity contribution is 0.100. The molecule has 0 saturated heterocycles. The van der Waals surface area contributed by atoms with Crippen molar-refractivity contribution in [3.63, 3.8) is 0 Å². The Hall–Kier alpha value is -4.26. The summed E-state index contributed by atoms with van der Waals surface area (Å²) in [6, 6.07) is 8.37. The van der Waals surface area contributed by atoms with Gasteiger partial charge in [-0.2, -0.15) is 5.06 Å². The zero-order valence-electron chi connectivity index (χ0n) is 14.9. The Morgan fingerprint density at radius 3 is 2.45 bits per heavy atom. The Bertz CT molecular complexity index is 1120. The molecule has 5 N–H and O–H groups in total. The summed E-state index contributed by atoms with van der Waals surface area (Å²) in [5, 5.41) is 19.3. The van der Waals surface area contributed by atoms with E-state index < -0.39 is 11.9 Å². The van der Waals surface area contributed by atoms with Gasteiger partial charge in [-0.15, -0.1) is 0 Å². The first-order chi connectivity index (χ1) is 14.0. The Balaban J connectivity index is 2.14. The summed E-state index contributed by atoms with van der Waals surface area (Å²) in [5.41, 5.74) is 8.58. The zero-order chi connectivity index (χ0) is 20.8. The Morgan fingerprint density at radius 1 is 1.00 bits per heavy atom. The van der Waals surface area contributed by atoms with E-state index >= 15 is 0 Å². The first kappa shape index (κ1) is 19.5. The van der Waals surface area contributed by atoms with Crippen LogP contribution >= 0.6 is 0 Å². The van der Waals surface area contributed by atoms with Gasteiger partial charge >= 0.3 is 6.03 Å². The van der Waals surface area contributed by atoms with Crippen LogP contribution in [0.25, 0.3) is 11.1 Å². The van der Waals surface area contributed by atoms with Crippen LogP contribution in [0.1, 0.15) is 21.5 Å². The average molecular weight is 389 g/mol. The summed E-state index contributed by atoms with van der Waals surface area (Å²) in [7, 11) is 0. The van der Waals surface area contributed by atoms with E-state index in [1.165, 1.54) is 30.0 Å². The molecule has 2 aromatic heterocycles. The van der Waals surface area contributed by atoms with E-state index in [1.807, 2.05) is 0 Å². The zero-order valence-corrected chi connectivity index (χ0v) is 14.9. The number of primary amides is 1. The van der Waals surface area contributed by atoms with Crippen molar-refractivity contribution in [1.29, 1.82) is 0 Å². The molecular weight excluding hydrogens is 374 g/mol. The van der Waals surface area contributed by atoms with Crippen molar-refractivity contribution in [3.8, 4) is 23.0 Å². The van der Waals surface area contributed by atoms with Crippen molar-refractivity contribution in [2.75, 3.05) is 5.06 Å². The van der Waals surface area contributed by atoms with Crippen molar-refractivity contribution in [3.05, 3.63) is 77.9 Å². The summed E-state index contributed by atoms with van der Waals surface area (Å²) in [5.74, 6) is 5.11. The van der Waals surface area contributed by atoms with Crippen molar-refractivity contribution in [2.45, 2.75) is 0 Å². The SMILES string of the molecule is NC(=O)c1ccncc1-c1ccc(C#Cc2cccnc2)cc1N(O)C(=O)NO. The third-order valence-electron chi connectivity index (χ3n) is 3.90. The molecule has 0 aliphatic rings. The second kappa shape index (κ2) is 8.62. The van der Waals surface area contributed by atoms with Gasteiger partial charge in [0.15, 0.2) is 0 Å². The smallest absolute Gasteiger partial charge is 0.366 e. The number of rotatable bonds is 3. The summed E-state index contributed by atoms with van der Waals surface area (Å²) in [6.07, 6.45) is 5.99. The minimum atomic E-state index is -1.20. The van der Waals surface area contributed by atoms with E-state index in [-0.39, 0.29) is 21.9 Å². The number of carbonyl (C=O) groups excluding carboxylic acids is 2. The lowest BCUT2D eigenvalue weighted by Crippen LogP contribution is -2.36. The number of carbonyl (C=O) groups is 2. The van der Waals surface area contributed by atoms with Crippen LogP contribution in [0.5, 0.6) is 0 Å². The molecule has 0 atom stereocenters. The second-order valence-corrected chi connectivity index (χ2v) is 5.74. The number of benzene rings is 1. The molecule has 3 aromatic rings.